The van der Waals surface area contributed by atoms with Crippen molar-refractivity contribution in [2.45, 2.75) is 32.4 Å². The lowest BCUT2D eigenvalue weighted by atomic mass is 9.96. The Balaban J connectivity index is 2.01. The number of methoxy groups -OCH3 is 1. The number of nitrogens with zero attached hydrogens (tertiary/aromatic N) is 2. The number of aliphatic hydroxyl groups is 1. The molecule has 1 aliphatic rings. The molecule has 158 valence electrons. The van der Waals surface area contributed by atoms with Crippen LogP contribution in [-0.2, 0) is 14.3 Å². The van der Waals surface area contributed by atoms with Crippen LogP contribution >= 0.6 is 0 Å². The van der Waals surface area contributed by atoms with Crippen LogP contribution in [0.3, 0.4) is 0 Å². The van der Waals surface area contributed by atoms with Gasteiger partial charge in [0.1, 0.15) is 11.5 Å². The molecule has 1 aromatic carbocycles. The number of hydrogen-bond donors (Lipinski definition) is 1. The van der Waals surface area contributed by atoms with Gasteiger partial charge in [-0.05, 0) is 44.0 Å². The van der Waals surface area contributed by atoms with Gasteiger partial charge in [-0.25, -0.2) is 0 Å². The third kappa shape index (κ3) is 4.52. The Hall–Kier alpha value is -3.19. The zero-order valence-corrected chi connectivity index (χ0v) is 17.4. The van der Waals surface area contributed by atoms with E-state index in [4.69, 9.17) is 9.47 Å². The molecule has 0 radical (unpaired) electrons. The summed E-state index contributed by atoms with van der Waals surface area (Å²) in [6.07, 6.45) is 3.88. The van der Waals surface area contributed by atoms with Crippen LogP contribution in [0, 0.1) is 0 Å². The van der Waals surface area contributed by atoms with E-state index in [0.29, 0.717) is 36.4 Å². The molecule has 2 aromatic rings. The van der Waals surface area contributed by atoms with Crippen molar-refractivity contribution < 1.29 is 24.2 Å². The molecule has 7 heteroatoms. The molecule has 0 saturated carbocycles. The zero-order valence-electron chi connectivity index (χ0n) is 17.4. The summed E-state index contributed by atoms with van der Waals surface area (Å²) in [6.45, 7) is 4.67. The van der Waals surface area contributed by atoms with Crippen molar-refractivity contribution in [2.75, 3.05) is 20.3 Å². The lowest BCUT2D eigenvalue weighted by Crippen LogP contribution is -2.31. The minimum Gasteiger partial charge on any atom is -0.507 e. The molecular formula is C23H26N2O5. The molecule has 1 unspecified atom stereocenters. The molecule has 1 aromatic heterocycles. The average Bonchev–Trinajstić information content (AvgIpc) is 3.01. The molecule has 2 heterocycles. The van der Waals surface area contributed by atoms with Crippen LogP contribution in [0.1, 0.15) is 37.4 Å². The first-order chi connectivity index (χ1) is 14.4. The van der Waals surface area contributed by atoms with Gasteiger partial charge in [-0.3, -0.25) is 14.6 Å². The fourth-order valence-electron chi connectivity index (χ4n) is 3.47. The lowest BCUT2D eigenvalue weighted by Gasteiger charge is -2.25. The molecule has 1 aliphatic heterocycles. The summed E-state index contributed by atoms with van der Waals surface area (Å²) in [5.74, 6) is -1.05. The van der Waals surface area contributed by atoms with Gasteiger partial charge in [0, 0.05) is 31.1 Å². The van der Waals surface area contributed by atoms with E-state index in [1.54, 1.807) is 48.8 Å². The van der Waals surface area contributed by atoms with E-state index in [0.717, 1.165) is 0 Å². The molecule has 30 heavy (non-hydrogen) atoms. The maximum atomic E-state index is 12.9. The van der Waals surface area contributed by atoms with E-state index in [2.05, 4.69) is 4.98 Å². The number of rotatable bonds is 8. The van der Waals surface area contributed by atoms with Gasteiger partial charge in [-0.1, -0.05) is 18.2 Å². The van der Waals surface area contributed by atoms with E-state index in [1.165, 1.54) is 12.0 Å². The van der Waals surface area contributed by atoms with Crippen molar-refractivity contribution in [3.63, 3.8) is 0 Å². The first-order valence-electron chi connectivity index (χ1n) is 9.88. The number of ketones is 1. The first-order valence-corrected chi connectivity index (χ1v) is 9.88. The average molecular weight is 410 g/mol. The minimum absolute atomic E-state index is 0.0473. The second-order valence-electron chi connectivity index (χ2n) is 7.28. The lowest BCUT2D eigenvalue weighted by molar-refractivity contribution is -0.140. The molecule has 0 bridgehead atoms. The van der Waals surface area contributed by atoms with Gasteiger partial charge >= 0.3 is 0 Å². The van der Waals surface area contributed by atoms with Gasteiger partial charge in [0.2, 0.25) is 0 Å². The van der Waals surface area contributed by atoms with Crippen LogP contribution in [0.15, 0.2) is 54.4 Å². The highest BCUT2D eigenvalue weighted by molar-refractivity contribution is 6.46. The number of aromatic nitrogens is 1. The van der Waals surface area contributed by atoms with Crippen molar-refractivity contribution in [1.29, 1.82) is 0 Å². The predicted molar refractivity (Wildman–Crippen MR) is 112 cm³/mol. The third-order valence-electron chi connectivity index (χ3n) is 4.88. The van der Waals surface area contributed by atoms with Crippen molar-refractivity contribution in [3.8, 4) is 5.75 Å². The number of benzene rings is 1. The number of carbonyl (C=O) groups excluding carboxylic acids is 2. The van der Waals surface area contributed by atoms with Crippen LogP contribution in [0.2, 0.25) is 0 Å². The number of likely N-dealkylation sites (tertiary alicyclic amines) is 1. The van der Waals surface area contributed by atoms with Crippen LogP contribution in [0.5, 0.6) is 5.75 Å². The second-order valence-corrected chi connectivity index (χ2v) is 7.28. The number of Topliss-reactive ketones (excluding diaryl/α,β-unsaturated/α-hetero) is 1. The van der Waals surface area contributed by atoms with Gasteiger partial charge in [0.25, 0.3) is 11.7 Å². The van der Waals surface area contributed by atoms with Gasteiger partial charge < -0.3 is 19.5 Å². The Morgan fingerprint density at radius 1 is 1.23 bits per heavy atom. The van der Waals surface area contributed by atoms with E-state index in [-0.39, 0.29) is 17.4 Å². The highest BCUT2D eigenvalue weighted by Crippen LogP contribution is 2.39. The highest BCUT2D eigenvalue weighted by atomic mass is 16.5. The molecule has 1 saturated heterocycles. The van der Waals surface area contributed by atoms with Gasteiger partial charge in [0.05, 0.1) is 24.8 Å². The predicted octanol–water partition coefficient (Wildman–Crippen LogP) is 3.33. The summed E-state index contributed by atoms with van der Waals surface area (Å²) in [5.41, 5.74) is 1.11. The first kappa shape index (κ1) is 21.5. The topological polar surface area (TPSA) is 89.0 Å². The Morgan fingerprint density at radius 2 is 2.03 bits per heavy atom. The highest BCUT2D eigenvalue weighted by Gasteiger charge is 2.45. The van der Waals surface area contributed by atoms with Gasteiger partial charge in [-0.15, -0.1) is 0 Å². The molecule has 1 atom stereocenters. The summed E-state index contributed by atoms with van der Waals surface area (Å²) in [6, 6.07) is 9.56. The fraction of sp³-hybridized carbons (Fsp3) is 0.348. The molecule has 1 fully saturated rings. The monoisotopic (exact) mass is 410 g/mol. The fourth-order valence-corrected chi connectivity index (χ4v) is 3.47. The molecular weight excluding hydrogens is 384 g/mol. The number of aliphatic hydroxyl groups excluding tert-OH is 1. The Morgan fingerprint density at radius 3 is 2.70 bits per heavy atom. The van der Waals surface area contributed by atoms with E-state index in [1.807, 2.05) is 13.8 Å². The van der Waals surface area contributed by atoms with Crippen molar-refractivity contribution in [3.05, 3.63) is 65.5 Å². The molecule has 7 nitrogen and oxygen atoms in total. The van der Waals surface area contributed by atoms with Crippen LogP contribution in [-0.4, -0.2) is 53.0 Å². The molecule has 0 spiro atoms. The number of amides is 1. The summed E-state index contributed by atoms with van der Waals surface area (Å²) in [4.78, 5) is 31.4. The number of ether oxygens (including phenoxy) is 2. The summed E-state index contributed by atoms with van der Waals surface area (Å²) in [7, 11) is 1.52. The quantitative estimate of drug-likeness (QED) is 0.311. The molecule has 1 N–H and O–H groups in total. The minimum atomic E-state index is -0.719. The van der Waals surface area contributed by atoms with Crippen molar-refractivity contribution in [1.82, 2.24) is 9.88 Å². The number of pyridine rings is 1. The van der Waals surface area contributed by atoms with Gasteiger partial charge in [-0.2, -0.15) is 0 Å². The van der Waals surface area contributed by atoms with Gasteiger partial charge in [0.15, 0.2) is 0 Å². The Kier molecular flexibility index (Phi) is 6.84. The summed E-state index contributed by atoms with van der Waals surface area (Å²) >= 11 is 0. The summed E-state index contributed by atoms with van der Waals surface area (Å²) in [5, 5.41) is 11.0. The second kappa shape index (κ2) is 9.54. The smallest absolute Gasteiger partial charge is 0.295 e. The molecule has 3 rings (SSSR count). The number of carbonyl (C=O) groups is 2. The normalized spacial score (nSPS) is 18.3. The van der Waals surface area contributed by atoms with E-state index in [9.17, 15) is 14.7 Å². The largest absolute Gasteiger partial charge is 0.507 e. The maximum absolute atomic E-state index is 12.9. The molecule has 0 aliphatic carbocycles. The Labute approximate surface area is 175 Å². The maximum Gasteiger partial charge on any atom is 0.295 e. The summed E-state index contributed by atoms with van der Waals surface area (Å²) < 4.78 is 10.8. The Bertz CT molecular complexity index is 940. The van der Waals surface area contributed by atoms with E-state index < -0.39 is 17.7 Å². The van der Waals surface area contributed by atoms with Crippen LogP contribution in [0.25, 0.3) is 5.76 Å². The number of hydrogen-bond acceptors (Lipinski definition) is 6. The van der Waals surface area contributed by atoms with Crippen molar-refractivity contribution in [2.24, 2.45) is 0 Å². The van der Waals surface area contributed by atoms with Crippen LogP contribution < -0.4 is 4.74 Å². The molecule has 1 amide bonds. The SMILES string of the molecule is COc1cccc(/C(O)=C2\C(=O)C(=O)N(CCCOC(C)C)C2c2cccnc2)c1. The van der Waals surface area contributed by atoms with Crippen LogP contribution in [0.4, 0.5) is 0 Å². The third-order valence-corrected chi connectivity index (χ3v) is 4.88. The zero-order chi connectivity index (χ0) is 21.7. The standard InChI is InChI=1S/C23H26N2O5/c1-15(2)30-12-6-11-25-20(17-8-5-10-24-14-17)19(22(27)23(25)28)21(26)16-7-4-9-18(13-16)29-3/h4-5,7-10,13-15,20,26H,6,11-12H2,1-3H3/b21-19+. The van der Waals surface area contributed by atoms with E-state index >= 15 is 0 Å². The van der Waals surface area contributed by atoms with Crippen molar-refractivity contribution >= 4 is 17.4 Å².